The molecule has 0 saturated carbocycles. The zero-order valence-corrected chi connectivity index (χ0v) is 22.8. The second-order valence-corrected chi connectivity index (χ2v) is 10.5. The topological polar surface area (TPSA) is 80.6 Å². The number of hydrogen-bond donors (Lipinski definition) is 1. The van der Waals surface area contributed by atoms with E-state index in [-0.39, 0.29) is 12.0 Å². The summed E-state index contributed by atoms with van der Waals surface area (Å²) in [6, 6.07) is 6.81. The molecule has 1 saturated heterocycles. The first-order valence-electron chi connectivity index (χ1n) is 13.8. The molecule has 8 nitrogen and oxygen atoms in total. The highest BCUT2D eigenvalue weighted by atomic mass is 16.5. The van der Waals surface area contributed by atoms with E-state index in [9.17, 15) is 0 Å². The van der Waals surface area contributed by atoms with Gasteiger partial charge in [-0.05, 0) is 43.7 Å². The molecular weight excluding hydrogens is 464 g/mol. The minimum Gasteiger partial charge on any atom is -0.493 e. The summed E-state index contributed by atoms with van der Waals surface area (Å²) in [6.45, 7) is 11.2. The van der Waals surface area contributed by atoms with Crippen LogP contribution in [0.2, 0.25) is 0 Å². The first-order chi connectivity index (χ1) is 18.0. The lowest BCUT2D eigenvalue weighted by Crippen LogP contribution is -2.44. The van der Waals surface area contributed by atoms with Crippen molar-refractivity contribution in [3.8, 4) is 22.9 Å². The van der Waals surface area contributed by atoms with Gasteiger partial charge in [-0.15, -0.1) is 0 Å². The standard InChI is InChI=1S/C29H40N6O2/c1-6-8-21(9-7-2)34-14-12-22(13-15-34)37-25-11-10-23-28(33-25)26(19(3)4)27(32-23)20-16-24(36-5)29-30-18-31-35(29)17-20/h10-11,16-19,21-22,32H,6-9,12-15H2,1-5H3. The van der Waals surface area contributed by atoms with Crippen molar-refractivity contribution in [2.75, 3.05) is 20.2 Å². The Kier molecular flexibility index (Phi) is 7.65. The molecule has 1 fully saturated rings. The van der Waals surface area contributed by atoms with Gasteiger partial charge in [-0.3, -0.25) is 0 Å². The number of piperidine rings is 1. The molecule has 8 heteroatoms. The van der Waals surface area contributed by atoms with E-state index in [1.165, 1.54) is 31.2 Å². The van der Waals surface area contributed by atoms with Crippen molar-refractivity contribution in [1.82, 2.24) is 29.5 Å². The van der Waals surface area contributed by atoms with Crippen LogP contribution in [-0.2, 0) is 0 Å². The van der Waals surface area contributed by atoms with Gasteiger partial charge in [-0.25, -0.2) is 14.5 Å². The molecule has 0 atom stereocenters. The van der Waals surface area contributed by atoms with Gasteiger partial charge in [-0.2, -0.15) is 5.10 Å². The third kappa shape index (κ3) is 5.17. The lowest BCUT2D eigenvalue weighted by molar-refractivity contribution is 0.0669. The van der Waals surface area contributed by atoms with Crippen molar-refractivity contribution in [3.05, 3.63) is 36.3 Å². The van der Waals surface area contributed by atoms with E-state index in [4.69, 9.17) is 14.5 Å². The number of aromatic nitrogens is 5. The minimum absolute atomic E-state index is 0.213. The average Bonchev–Trinajstić information content (AvgIpc) is 3.53. The van der Waals surface area contributed by atoms with Gasteiger partial charge in [0.25, 0.3) is 0 Å². The lowest BCUT2D eigenvalue weighted by Gasteiger charge is -2.37. The fourth-order valence-electron chi connectivity index (χ4n) is 5.81. The number of pyridine rings is 2. The number of rotatable bonds is 10. The molecule has 5 rings (SSSR count). The smallest absolute Gasteiger partial charge is 0.214 e. The zero-order valence-electron chi connectivity index (χ0n) is 22.8. The van der Waals surface area contributed by atoms with Crippen LogP contribution >= 0.6 is 0 Å². The van der Waals surface area contributed by atoms with Crippen molar-refractivity contribution >= 4 is 16.7 Å². The molecule has 1 aliphatic heterocycles. The molecule has 0 amide bonds. The third-order valence-electron chi connectivity index (χ3n) is 7.61. The molecule has 0 aliphatic carbocycles. The number of H-pyrrole nitrogens is 1. The Labute approximate surface area is 219 Å². The largest absolute Gasteiger partial charge is 0.493 e. The van der Waals surface area contributed by atoms with Crippen molar-refractivity contribution in [2.24, 2.45) is 0 Å². The molecule has 0 unspecified atom stereocenters. The maximum Gasteiger partial charge on any atom is 0.214 e. The van der Waals surface area contributed by atoms with Crippen LogP contribution in [0.5, 0.6) is 11.6 Å². The Balaban J connectivity index is 1.39. The number of fused-ring (bicyclic) bond motifs is 2. The van der Waals surface area contributed by atoms with E-state index >= 15 is 0 Å². The van der Waals surface area contributed by atoms with E-state index < -0.39 is 0 Å². The van der Waals surface area contributed by atoms with Crippen molar-refractivity contribution in [2.45, 2.75) is 84.3 Å². The highest BCUT2D eigenvalue weighted by Gasteiger charge is 2.26. The monoisotopic (exact) mass is 504 g/mol. The van der Waals surface area contributed by atoms with Gasteiger partial charge in [0.15, 0.2) is 11.4 Å². The lowest BCUT2D eigenvalue weighted by atomic mass is 9.99. The molecule has 4 aromatic rings. The Morgan fingerprint density at radius 2 is 1.86 bits per heavy atom. The minimum atomic E-state index is 0.213. The average molecular weight is 505 g/mol. The second-order valence-electron chi connectivity index (χ2n) is 10.5. The van der Waals surface area contributed by atoms with Crippen molar-refractivity contribution in [1.29, 1.82) is 0 Å². The van der Waals surface area contributed by atoms with Crippen LogP contribution in [0.3, 0.4) is 0 Å². The summed E-state index contributed by atoms with van der Waals surface area (Å²) in [5.74, 6) is 1.66. The van der Waals surface area contributed by atoms with Gasteiger partial charge >= 0.3 is 0 Å². The van der Waals surface area contributed by atoms with Crippen molar-refractivity contribution < 1.29 is 9.47 Å². The second kappa shape index (κ2) is 11.1. The molecule has 0 bridgehead atoms. The van der Waals surface area contributed by atoms with Gasteiger partial charge in [0, 0.05) is 42.5 Å². The number of aromatic amines is 1. The molecule has 5 heterocycles. The molecule has 1 aliphatic rings. The Morgan fingerprint density at radius 1 is 1.11 bits per heavy atom. The zero-order chi connectivity index (χ0) is 25.9. The molecular formula is C29H40N6O2. The van der Waals surface area contributed by atoms with Crippen LogP contribution in [0.1, 0.15) is 77.7 Å². The third-order valence-corrected chi connectivity index (χ3v) is 7.61. The predicted octanol–water partition coefficient (Wildman–Crippen LogP) is 6.22. The normalized spacial score (nSPS) is 15.4. The number of methoxy groups -OCH3 is 1. The summed E-state index contributed by atoms with van der Waals surface area (Å²) in [4.78, 5) is 15.6. The Bertz CT molecular complexity index is 1330. The van der Waals surface area contributed by atoms with E-state index in [0.717, 1.165) is 48.2 Å². The number of nitrogens with one attached hydrogen (secondary N) is 1. The van der Waals surface area contributed by atoms with Gasteiger partial charge < -0.3 is 19.4 Å². The maximum absolute atomic E-state index is 6.45. The fourth-order valence-corrected chi connectivity index (χ4v) is 5.81. The maximum atomic E-state index is 6.45. The molecule has 0 spiro atoms. The first-order valence-corrected chi connectivity index (χ1v) is 13.8. The Morgan fingerprint density at radius 3 is 2.54 bits per heavy atom. The Hall–Kier alpha value is -3.13. The van der Waals surface area contributed by atoms with Gasteiger partial charge in [0.05, 0.1) is 23.8 Å². The fraction of sp³-hybridized carbons (Fsp3) is 0.552. The number of nitrogens with zero attached hydrogens (tertiary/aromatic N) is 5. The first kappa shape index (κ1) is 25.5. The number of likely N-dealkylation sites (tertiary alicyclic amines) is 1. The number of hydrogen-bond acceptors (Lipinski definition) is 6. The van der Waals surface area contributed by atoms with Crippen LogP contribution in [0.25, 0.3) is 27.9 Å². The van der Waals surface area contributed by atoms with Gasteiger partial charge in [0.1, 0.15) is 12.4 Å². The van der Waals surface area contributed by atoms with Crippen LogP contribution in [0.15, 0.2) is 30.7 Å². The summed E-state index contributed by atoms with van der Waals surface area (Å²) in [6.07, 6.45) is 10.9. The summed E-state index contributed by atoms with van der Waals surface area (Å²) in [7, 11) is 1.66. The van der Waals surface area contributed by atoms with Gasteiger partial charge in [0.2, 0.25) is 5.88 Å². The highest BCUT2D eigenvalue weighted by molar-refractivity contribution is 5.89. The summed E-state index contributed by atoms with van der Waals surface area (Å²) in [5, 5.41) is 4.33. The summed E-state index contributed by atoms with van der Waals surface area (Å²) in [5.41, 5.74) is 5.84. The van der Waals surface area contributed by atoms with E-state index in [1.807, 2.05) is 18.3 Å². The van der Waals surface area contributed by atoms with Crippen LogP contribution in [0.4, 0.5) is 0 Å². The van der Waals surface area contributed by atoms with E-state index in [2.05, 4.69) is 53.7 Å². The van der Waals surface area contributed by atoms with Crippen LogP contribution in [-0.4, -0.2) is 61.8 Å². The molecule has 1 N–H and O–H groups in total. The molecule has 198 valence electrons. The van der Waals surface area contributed by atoms with Crippen LogP contribution < -0.4 is 9.47 Å². The molecule has 37 heavy (non-hydrogen) atoms. The molecule has 4 aromatic heterocycles. The quantitative estimate of drug-likeness (QED) is 0.276. The number of ether oxygens (including phenoxy) is 2. The van der Waals surface area contributed by atoms with Gasteiger partial charge in [-0.1, -0.05) is 40.5 Å². The van der Waals surface area contributed by atoms with Crippen LogP contribution in [0, 0.1) is 0 Å². The van der Waals surface area contributed by atoms with E-state index in [0.29, 0.717) is 23.3 Å². The highest BCUT2D eigenvalue weighted by Crippen LogP contribution is 2.37. The summed E-state index contributed by atoms with van der Waals surface area (Å²) >= 11 is 0. The summed E-state index contributed by atoms with van der Waals surface area (Å²) < 4.78 is 13.8. The SMILES string of the molecule is CCCC(CCC)N1CCC(Oc2ccc3[nH]c(-c4cc(OC)c5ncnn5c4)c(C(C)C)c3n2)CC1. The molecule has 0 radical (unpaired) electrons. The predicted molar refractivity (Wildman–Crippen MR) is 148 cm³/mol. The molecule has 0 aromatic carbocycles. The van der Waals surface area contributed by atoms with E-state index in [1.54, 1.807) is 18.0 Å². The van der Waals surface area contributed by atoms with Crippen molar-refractivity contribution in [3.63, 3.8) is 0 Å².